The highest BCUT2D eigenvalue weighted by Crippen LogP contribution is 2.26. The van der Waals surface area contributed by atoms with Gasteiger partial charge < -0.3 is 9.47 Å². The highest BCUT2D eigenvalue weighted by molar-refractivity contribution is 9.10. The molecule has 4 heteroatoms. The number of aryl methyl sites for hydroxylation is 1. The highest BCUT2D eigenvalue weighted by atomic mass is 79.9. The van der Waals surface area contributed by atoms with Gasteiger partial charge in [0.15, 0.2) is 0 Å². The third kappa shape index (κ3) is 8.85. The first-order valence-corrected chi connectivity index (χ1v) is 13.7. The van der Waals surface area contributed by atoms with E-state index < -0.39 is 0 Å². The minimum Gasteiger partial charge on any atom is -0.494 e. The number of carbonyl (C=O) groups excluding carboxylic acids is 1. The number of carbonyl (C=O) groups is 1. The standard InChI is InChI=1S/C31H37BrO3/c1-3-5-7-9-11-26-12-13-27(23-30(26)32)31(33)35-29-20-16-25(17-21-29)24-14-18-28(19-15-24)34-22-10-8-6-4-2/h12-21,23H,3-11,22H2,1-2H3. The first-order valence-electron chi connectivity index (χ1n) is 12.9. The Morgan fingerprint density at radius 1 is 0.714 bits per heavy atom. The molecule has 0 unspecified atom stereocenters. The van der Waals surface area contributed by atoms with Gasteiger partial charge in [-0.3, -0.25) is 0 Å². The summed E-state index contributed by atoms with van der Waals surface area (Å²) >= 11 is 3.62. The maximum absolute atomic E-state index is 12.7. The van der Waals surface area contributed by atoms with Gasteiger partial charge in [0.05, 0.1) is 12.2 Å². The van der Waals surface area contributed by atoms with Crippen molar-refractivity contribution < 1.29 is 14.3 Å². The van der Waals surface area contributed by atoms with Crippen molar-refractivity contribution in [3.63, 3.8) is 0 Å². The third-order valence-corrected chi connectivity index (χ3v) is 6.85. The molecule has 0 amide bonds. The Morgan fingerprint density at radius 3 is 1.91 bits per heavy atom. The molecule has 0 atom stereocenters. The van der Waals surface area contributed by atoms with Gasteiger partial charge in [0, 0.05) is 4.47 Å². The van der Waals surface area contributed by atoms with Crippen LogP contribution >= 0.6 is 15.9 Å². The summed E-state index contributed by atoms with van der Waals surface area (Å²) in [7, 11) is 0. The molecule has 0 radical (unpaired) electrons. The Labute approximate surface area is 219 Å². The van der Waals surface area contributed by atoms with Crippen molar-refractivity contribution in [2.45, 2.75) is 71.6 Å². The molecule has 0 N–H and O–H groups in total. The summed E-state index contributed by atoms with van der Waals surface area (Å²) in [6.45, 7) is 5.19. The molecule has 186 valence electrons. The summed E-state index contributed by atoms with van der Waals surface area (Å²) in [5.41, 5.74) is 3.94. The quantitative estimate of drug-likeness (QED) is 0.117. The molecular formula is C31H37BrO3. The van der Waals surface area contributed by atoms with Crippen molar-refractivity contribution in [2.24, 2.45) is 0 Å². The first-order chi connectivity index (χ1) is 17.1. The highest BCUT2D eigenvalue weighted by Gasteiger charge is 2.11. The van der Waals surface area contributed by atoms with Gasteiger partial charge in [0.2, 0.25) is 0 Å². The van der Waals surface area contributed by atoms with Crippen molar-refractivity contribution >= 4 is 21.9 Å². The summed E-state index contributed by atoms with van der Waals surface area (Å²) in [6, 6.07) is 21.5. The van der Waals surface area contributed by atoms with Gasteiger partial charge in [0.1, 0.15) is 11.5 Å². The molecule has 0 fully saturated rings. The van der Waals surface area contributed by atoms with Crippen LogP contribution in [-0.2, 0) is 6.42 Å². The summed E-state index contributed by atoms with van der Waals surface area (Å²) in [5.74, 6) is 1.08. The van der Waals surface area contributed by atoms with Crippen LogP contribution < -0.4 is 9.47 Å². The van der Waals surface area contributed by atoms with Gasteiger partial charge in [0.25, 0.3) is 0 Å². The Hall–Kier alpha value is -2.59. The van der Waals surface area contributed by atoms with Crippen LogP contribution in [0.4, 0.5) is 0 Å². The lowest BCUT2D eigenvalue weighted by Gasteiger charge is -2.09. The van der Waals surface area contributed by atoms with Crippen LogP contribution in [0.1, 0.15) is 81.1 Å². The van der Waals surface area contributed by atoms with E-state index in [1.165, 1.54) is 44.1 Å². The molecule has 0 aliphatic rings. The fourth-order valence-electron chi connectivity index (χ4n) is 3.96. The lowest BCUT2D eigenvalue weighted by molar-refractivity contribution is 0.0734. The molecule has 0 saturated heterocycles. The molecule has 35 heavy (non-hydrogen) atoms. The van der Waals surface area contributed by atoms with Crippen LogP contribution in [0.15, 0.2) is 71.2 Å². The fourth-order valence-corrected chi connectivity index (χ4v) is 4.54. The van der Waals surface area contributed by atoms with Crippen LogP contribution in [0.2, 0.25) is 0 Å². The zero-order valence-corrected chi connectivity index (χ0v) is 22.6. The number of unbranched alkanes of at least 4 members (excludes halogenated alkanes) is 6. The van der Waals surface area contributed by atoms with Gasteiger partial charge >= 0.3 is 5.97 Å². The molecule has 3 aromatic carbocycles. The number of rotatable bonds is 14. The first kappa shape index (κ1) is 27.0. The Morgan fingerprint density at radius 2 is 1.31 bits per heavy atom. The smallest absolute Gasteiger partial charge is 0.343 e. The van der Waals surface area contributed by atoms with Crippen LogP contribution in [0, 0.1) is 0 Å². The Kier molecular flexibility index (Phi) is 11.4. The van der Waals surface area contributed by atoms with Crippen molar-refractivity contribution in [1.29, 1.82) is 0 Å². The second kappa shape index (κ2) is 14.7. The summed E-state index contributed by atoms with van der Waals surface area (Å²) in [4.78, 5) is 12.7. The monoisotopic (exact) mass is 536 g/mol. The maximum atomic E-state index is 12.7. The summed E-state index contributed by atoms with van der Waals surface area (Å²) < 4.78 is 12.4. The predicted molar refractivity (Wildman–Crippen MR) is 148 cm³/mol. The number of hydrogen-bond donors (Lipinski definition) is 0. The summed E-state index contributed by atoms with van der Waals surface area (Å²) in [6.07, 6.45) is 10.7. The molecule has 0 spiro atoms. The zero-order chi connectivity index (χ0) is 24.9. The van der Waals surface area contributed by atoms with E-state index >= 15 is 0 Å². The predicted octanol–water partition coefficient (Wildman–Crippen LogP) is 9.42. The number of hydrogen-bond acceptors (Lipinski definition) is 3. The lowest BCUT2D eigenvalue weighted by Crippen LogP contribution is -2.08. The van der Waals surface area contributed by atoms with E-state index in [0.29, 0.717) is 11.3 Å². The van der Waals surface area contributed by atoms with Crippen LogP contribution in [0.5, 0.6) is 11.5 Å². The van der Waals surface area contributed by atoms with E-state index in [9.17, 15) is 4.79 Å². The van der Waals surface area contributed by atoms with E-state index in [4.69, 9.17) is 9.47 Å². The second-order valence-electron chi connectivity index (χ2n) is 8.96. The second-order valence-corrected chi connectivity index (χ2v) is 9.82. The molecular weight excluding hydrogens is 500 g/mol. The topological polar surface area (TPSA) is 35.5 Å². The lowest BCUT2D eigenvalue weighted by atomic mass is 10.0. The number of ether oxygens (including phenoxy) is 2. The third-order valence-electron chi connectivity index (χ3n) is 6.11. The van der Waals surface area contributed by atoms with Gasteiger partial charge in [-0.05, 0) is 72.4 Å². The van der Waals surface area contributed by atoms with E-state index in [0.717, 1.165) is 47.2 Å². The normalized spacial score (nSPS) is 10.8. The summed E-state index contributed by atoms with van der Waals surface area (Å²) in [5, 5.41) is 0. The largest absolute Gasteiger partial charge is 0.494 e. The molecule has 0 bridgehead atoms. The van der Waals surface area contributed by atoms with Gasteiger partial charge in [-0.2, -0.15) is 0 Å². The van der Waals surface area contributed by atoms with Gasteiger partial charge in [-0.15, -0.1) is 0 Å². The minimum absolute atomic E-state index is 0.351. The van der Waals surface area contributed by atoms with Gasteiger partial charge in [-0.25, -0.2) is 4.79 Å². The SMILES string of the molecule is CCCCCCOc1ccc(-c2ccc(OC(=O)c3ccc(CCCCCC)c(Br)c3)cc2)cc1. The van der Waals surface area contributed by atoms with Crippen LogP contribution in [0.3, 0.4) is 0 Å². The van der Waals surface area contributed by atoms with Crippen molar-refractivity contribution in [3.8, 4) is 22.6 Å². The Bertz CT molecular complexity index is 1040. The molecule has 0 heterocycles. The molecule has 3 nitrogen and oxygen atoms in total. The Balaban J connectivity index is 1.52. The minimum atomic E-state index is -0.351. The zero-order valence-electron chi connectivity index (χ0n) is 21.0. The molecule has 0 aromatic heterocycles. The maximum Gasteiger partial charge on any atom is 0.343 e. The molecule has 3 aromatic rings. The number of benzene rings is 3. The number of halogens is 1. The molecule has 0 saturated carbocycles. The van der Waals surface area contributed by atoms with Crippen molar-refractivity contribution in [2.75, 3.05) is 6.61 Å². The molecule has 0 aliphatic carbocycles. The van der Waals surface area contributed by atoms with E-state index in [2.05, 4.69) is 41.9 Å². The van der Waals surface area contributed by atoms with Crippen molar-refractivity contribution in [3.05, 3.63) is 82.3 Å². The van der Waals surface area contributed by atoms with E-state index in [1.54, 1.807) is 0 Å². The average molecular weight is 538 g/mol. The van der Waals surface area contributed by atoms with Crippen LogP contribution in [-0.4, -0.2) is 12.6 Å². The molecule has 3 rings (SSSR count). The molecule has 0 aliphatic heterocycles. The fraction of sp³-hybridized carbons (Fsp3) is 0.387. The van der Waals surface area contributed by atoms with E-state index in [-0.39, 0.29) is 5.97 Å². The number of esters is 1. The van der Waals surface area contributed by atoms with Crippen molar-refractivity contribution in [1.82, 2.24) is 0 Å². The van der Waals surface area contributed by atoms with E-state index in [1.807, 2.05) is 54.6 Å². The average Bonchev–Trinajstić information content (AvgIpc) is 2.88. The van der Waals surface area contributed by atoms with Crippen LogP contribution in [0.25, 0.3) is 11.1 Å². The van der Waals surface area contributed by atoms with Gasteiger partial charge in [-0.1, -0.05) is 98.6 Å².